The predicted molar refractivity (Wildman–Crippen MR) is 72.3 cm³/mol. The van der Waals surface area contributed by atoms with Gasteiger partial charge < -0.3 is 15.2 Å². The smallest absolute Gasteiger partial charge is 0.174 e. The van der Waals surface area contributed by atoms with Gasteiger partial charge in [-0.2, -0.15) is 0 Å². The van der Waals surface area contributed by atoms with Crippen LogP contribution >= 0.6 is 15.9 Å². The van der Waals surface area contributed by atoms with Gasteiger partial charge in [0.1, 0.15) is 16.0 Å². The first-order chi connectivity index (χ1) is 8.59. The lowest BCUT2D eigenvalue weighted by Crippen LogP contribution is -2.25. The number of ether oxygens (including phenoxy) is 2. The quantitative estimate of drug-likeness (QED) is 0.848. The van der Waals surface area contributed by atoms with Crippen LogP contribution in [0.5, 0.6) is 11.5 Å². The van der Waals surface area contributed by atoms with Crippen molar-refractivity contribution in [1.29, 1.82) is 0 Å². The number of nitrogens with two attached hydrogens (primary N) is 1. The van der Waals surface area contributed by atoms with E-state index in [1.54, 1.807) is 26.4 Å². The van der Waals surface area contributed by atoms with Crippen molar-refractivity contribution in [3.8, 4) is 11.5 Å². The molecule has 98 valence electrons. The van der Waals surface area contributed by atoms with Crippen molar-refractivity contribution in [2.45, 2.75) is 12.8 Å². The van der Waals surface area contributed by atoms with Gasteiger partial charge in [-0.1, -0.05) is 0 Å². The highest BCUT2D eigenvalue weighted by molar-refractivity contribution is 9.10. The minimum absolute atomic E-state index is 0.0604. The highest BCUT2D eigenvalue weighted by atomic mass is 79.9. The standard InChI is InChI=1S/C13H16BrNO3/c1-17-9-4-3-8(11(18-2)10(9)14)12(16)13(7-15)5-6-13/h3-4H,5-7,15H2,1-2H3. The Morgan fingerprint density at radius 2 is 2.06 bits per heavy atom. The monoisotopic (exact) mass is 313 g/mol. The van der Waals surface area contributed by atoms with Gasteiger partial charge in [-0.05, 0) is 40.9 Å². The second-order valence-electron chi connectivity index (χ2n) is 4.48. The molecule has 2 rings (SSSR count). The molecule has 0 bridgehead atoms. The molecule has 1 saturated carbocycles. The van der Waals surface area contributed by atoms with Crippen molar-refractivity contribution in [2.75, 3.05) is 20.8 Å². The summed E-state index contributed by atoms with van der Waals surface area (Å²) in [5.74, 6) is 1.21. The summed E-state index contributed by atoms with van der Waals surface area (Å²) in [6.45, 7) is 0.388. The molecule has 1 fully saturated rings. The van der Waals surface area contributed by atoms with Gasteiger partial charge >= 0.3 is 0 Å². The number of benzene rings is 1. The third-order valence-corrected chi connectivity index (χ3v) is 4.21. The molecule has 1 aliphatic rings. The number of hydrogen-bond donors (Lipinski definition) is 1. The fourth-order valence-electron chi connectivity index (χ4n) is 2.03. The molecular weight excluding hydrogens is 298 g/mol. The zero-order chi connectivity index (χ0) is 13.3. The molecule has 18 heavy (non-hydrogen) atoms. The van der Waals surface area contributed by atoms with Gasteiger partial charge in [0.05, 0.1) is 19.8 Å². The Kier molecular flexibility index (Phi) is 3.64. The Bertz CT molecular complexity index is 483. The van der Waals surface area contributed by atoms with Crippen molar-refractivity contribution < 1.29 is 14.3 Å². The Balaban J connectivity index is 2.45. The molecule has 0 unspecified atom stereocenters. The van der Waals surface area contributed by atoms with E-state index in [-0.39, 0.29) is 11.2 Å². The average molecular weight is 314 g/mol. The largest absolute Gasteiger partial charge is 0.495 e. The van der Waals surface area contributed by atoms with Crippen LogP contribution in [0.2, 0.25) is 0 Å². The summed E-state index contributed by atoms with van der Waals surface area (Å²) >= 11 is 3.40. The lowest BCUT2D eigenvalue weighted by Gasteiger charge is -2.16. The van der Waals surface area contributed by atoms with Crippen LogP contribution in [0.1, 0.15) is 23.2 Å². The molecule has 0 aliphatic heterocycles. The Morgan fingerprint density at radius 3 is 2.50 bits per heavy atom. The Hall–Kier alpha value is -1.07. The second kappa shape index (κ2) is 4.90. The normalized spacial score (nSPS) is 16.2. The summed E-state index contributed by atoms with van der Waals surface area (Å²) in [4.78, 5) is 12.5. The van der Waals surface area contributed by atoms with E-state index in [1.165, 1.54) is 0 Å². The molecule has 2 N–H and O–H groups in total. The van der Waals surface area contributed by atoms with Gasteiger partial charge in [0.15, 0.2) is 5.78 Å². The van der Waals surface area contributed by atoms with Gasteiger partial charge in [-0.15, -0.1) is 0 Å². The van der Waals surface area contributed by atoms with Crippen LogP contribution in [0.15, 0.2) is 16.6 Å². The first-order valence-corrected chi connectivity index (χ1v) is 6.54. The average Bonchev–Trinajstić information content (AvgIpc) is 3.18. The van der Waals surface area contributed by atoms with Crippen LogP contribution < -0.4 is 15.2 Å². The minimum atomic E-state index is -0.374. The summed E-state index contributed by atoms with van der Waals surface area (Å²) in [6, 6.07) is 3.49. The second-order valence-corrected chi connectivity index (χ2v) is 5.27. The van der Waals surface area contributed by atoms with E-state index < -0.39 is 0 Å². The Morgan fingerprint density at radius 1 is 1.39 bits per heavy atom. The lowest BCUT2D eigenvalue weighted by atomic mass is 9.94. The molecule has 0 radical (unpaired) electrons. The number of methoxy groups -OCH3 is 2. The fourth-order valence-corrected chi connectivity index (χ4v) is 2.70. The van der Waals surface area contributed by atoms with Crippen molar-refractivity contribution in [2.24, 2.45) is 11.1 Å². The molecule has 0 aromatic heterocycles. The van der Waals surface area contributed by atoms with Crippen LogP contribution in [0, 0.1) is 5.41 Å². The molecule has 4 nitrogen and oxygen atoms in total. The first kappa shape index (κ1) is 13.4. The summed E-state index contributed by atoms with van der Waals surface area (Å²) in [5, 5.41) is 0. The van der Waals surface area contributed by atoms with Crippen LogP contribution in [0.3, 0.4) is 0 Å². The highest BCUT2D eigenvalue weighted by Gasteiger charge is 2.49. The molecule has 5 heteroatoms. The maximum atomic E-state index is 12.5. The van der Waals surface area contributed by atoms with Crippen LogP contribution in [0.25, 0.3) is 0 Å². The summed E-state index contributed by atoms with van der Waals surface area (Å²) < 4.78 is 11.2. The van der Waals surface area contributed by atoms with Gasteiger partial charge in [0.25, 0.3) is 0 Å². The topological polar surface area (TPSA) is 61.5 Å². The summed E-state index contributed by atoms with van der Waals surface area (Å²) in [5.41, 5.74) is 5.88. The van der Waals surface area contributed by atoms with Crippen molar-refractivity contribution in [1.82, 2.24) is 0 Å². The number of hydrogen-bond acceptors (Lipinski definition) is 4. The SMILES string of the molecule is COc1ccc(C(=O)C2(CN)CC2)c(OC)c1Br. The fraction of sp³-hybridized carbons (Fsp3) is 0.462. The van der Waals surface area contributed by atoms with Crippen molar-refractivity contribution in [3.05, 3.63) is 22.2 Å². The third-order valence-electron chi connectivity index (χ3n) is 3.46. The van der Waals surface area contributed by atoms with Crippen LogP contribution in [-0.4, -0.2) is 26.5 Å². The molecule has 0 spiro atoms. The molecule has 1 aromatic carbocycles. The van der Waals surface area contributed by atoms with E-state index in [4.69, 9.17) is 15.2 Å². The molecule has 1 aliphatic carbocycles. The zero-order valence-corrected chi connectivity index (χ0v) is 12.0. The van der Waals surface area contributed by atoms with Crippen molar-refractivity contribution >= 4 is 21.7 Å². The van der Waals surface area contributed by atoms with Gasteiger partial charge in [0, 0.05) is 12.0 Å². The maximum Gasteiger partial charge on any atom is 0.174 e. The summed E-state index contributed by atoms with van der Waals surface area (Å²) in [7, 11) is 3.11. The van der Waals surface area contributed by atoms with Gasteiger partial charge in [-0.3, -0.25) is 4.79 Å². The number of carbonyl (C=O) groups is 1. The Labute approximate surface area is 115 Å². The van der Waals surface area contributed by atoms with E-state index in [2.05, 4.69) is 15.9 Å². The van der Waals surface area contributed by atoms with Crippen LogP contribution in [0.4, 0.5) is 0 Å². The van der Waals surface area contributed by atoms with E-state index >= 15 is 0 Å². The first-order valence-electron chi connectivity index (χ1n) is 5.75. The van der Waals surface area contributed by atoms with E-state index in [0.717, 1.165) is 12.8 Å². The number of carbonyl (C=O) groups excluding carboxylic acids is 1. The number of rotatable bonds is 5. The van der Waals surface area contributed by atoms with Crippen LogP contribution in [-0.2, 0) is 0 Å². The highest BCUT2D eigenvalue weighted by Crippen LogP contribution is 2.49. The van der Waals surface area contributed by atoms with Gasteiger partial charge in [0.2, 0.25) is 0 Å². The lowest BCUT2D eigenvalue weighted by molar-refractivity contribution is 0.0902. The molecule has 0 amide bonds. The maximum absolute atomic E-state index is 12.5. The van der Waals surface area contributed by atoms with E-state index in [9.17, 15) is 4.79 Å². The number of Topliss-reactive ketones (excluding diaryl/α,β-unsaturated/α-hetero) is 1. The molecule has 0 atom stereocenters. The molecular formula is C13H16BrNO3. The number of halogens is 1. The predicted octanol–water partition coefficient (Wildman–Crippen LogP) is 2.39. The number of ketones is 1. The molecule has 0 heterocycles. The molecule has 1 aromatic rings. The third kappa shape index (κ3) is 2.01. The van der Waals surface area contributed by atoms with E-state index in [1.807, 2.05) is 0 Å². The van der Waals surface area contributed by atoms with Gasteiger partial charge in [-0.25, -0.2) is 0 Å². The summed E-state index contributed by atoms with van der Waals surface area (Å²) in [6.07, 6.45) is 1.71. The zero-order valence-electron chi connectivity index (χ0n) is 10.5. The molecule has 0 saturated heterocycles. The van der Waals surface area contributed by atoms with E-state index in [0.29, 0.717) is 28.1 Å². The minimum Gasteiger partial charge on any atom is -0.495 e. The van der Waals surface area contributed by atoms with Crippen molar-refractivity contribution in [3.63, 3.8) is 0 Å².